The molecule has 0 radical (unpaired) electrons. The van der Waals surface area contributed by atoms with E-state index in [1.807, 2.05) is 79.7 Å². The molecular weight excluding hydrogens is 458 g/mol. The Balaban J connectivity index is 1.47. The molecule has 4 rings (SSSR count). The van der Waals surface area contributed by atoms with Crippen molar-refractivity contribution in [2.75, 3.05) is 13.2 Å². The fourth-order valence-corrected chi connectivity index (χ4v) is 3.28. The van der Waals surface area contributed by atoms with Crippen LogP contribution in [0.3, 0.4) is 0 Å². The van der Waals surface area contributed by atoms with E-state index in [-0.39, 0.29) is 5.70 Å². The number of halogens is 1. The van der Waals surface area contributed by atoms with Gasteiger partial charge in [-0.3, -0.25) is 0 Å². The third kappa shape index (κ3) is 5.41. The number of rotatable bonds is 7. The molecule has 0 aromatic heterocycles. The predicted octanol–water partition coefficient (Wildman–Crippen LogP) is 5.56. The van der Waals surface area contributed by atoms with Gasteiger partial charge in [-0.25, -0.2) is 9.79 Å². The summed E-state index contributed by atoms with van der Waals surface area (Å²) < 4.78 is 18.0. The summed E-state index contributed by atoms with van der Waals surface area (Å²) in [6.07, 6.45) is 1.69. The van der Waals surface area contributed by atoms with E-state index in [2.05, 4.69) is 20.9 Å². The van der Waals surface area contributed by atoms with Crippen LogP contribution in [-0.4, -0.2) is 25.1 Å². The zero-order valence-electron chi connectivity index (χ0n) is 16.9. The molecule has 1 heterocycles. The highest BCUT2D eigenvalue weighted by Gasteiger charge is 2.24. The van der Waals surface area contributed by atoms with Crippen molar-refractivity contribution in [3.8, 4) is 11.5 Å². The van der Waals surface area contributed by atoms with Crippen molar-refractivity contribution >= 4 is 33.9 Å². The third-order valence-corrected chi connectivity index (χ3v) is 5.05. The Hall–Kier alpha value is -3.38. The van der Waals surface area contributed by atoms with Gasteiger partial charge in [0.1, 0.15) is 24.7 Å². The van der Waals surface area contributed by atoms with Crippen molar-refractivity contribution in [2.45, 2.75) is 6.92 Å². The summed E-state index contributed by atoms with van der Waals surface area (Å²) in [6.45, 7) is 2.73. The molecule has 1 aliphatic rings. The van der Waals surface area contributed by atoms with Gasteiger partial charge in [0.25, 0.3) is 0 Å². The molecule has 3 aromatic carbocycles. The molecule has 31 heavy (non-hydrogen) atoms. The van der Waals surface area contributed by atoms with E-state index in [1.54, 1.807) is 6.08 Å². The first-order chi connectivity index (χ1) is 15.1. The number of ether oxygens (including phenoxy) is 3. The Kier molecular flexibility index (Phi) is 6.48. The molecule has 0 amide bonds. The van der Waals surface area contributed by atoms with Crippen LogP contribution in [0.5, 0.6) is 11.5 Å². The van der Waals surface area contributed by atoms with Gasteiger partial charge in [0.2, 0.25) is 5.90 Å². The number of hydrogen-bond donors (Lipinski definition) is 0. The Morgan fingerprint density at radius 3 is 2.48 bits per heavy atom. The number of nitrogens with zero attached hydrogens (tertiary/aromatic N) is 1. The molecule has 0 aliphatic carbocycles. The molecule has 0 unspecified atom stereocenters. The summed E-state index contributed by atoms with van der Waals surface area (Å²) in [5.41, 5.74) is 2.79. The summed E-state index contributed by atoms with van der Waals surface area (Å²) in [5, 5.41) is 0. The molecule has 1 aliphatic heterocycles. The number of carbonyl (C=O) groups is 1. The Labute approximate surface area is 189 Å². The molecule has 0 fully saturated rings. The Morgan fingerprint density at radius 1 is 0.968 bits per heavy atom. The predicted molar refractivity (Wildman–Crippen MR) is 123 cm³/mol. The largest absolute Gasteiger partial charge is 0.490 e. The molecule has 156 valence electrons. The van der Waals surface area contributed by atoms with E-state index in [4.69, 9.17) is 14.2 Å². The number of benzene rings is 3. The number of aryl methyl sites for hydroxylation is 1. The summed E-state index contributed by atoms with van der Waals surface area (Å²) >= 11 is 3.40. The topological polar surface area (TPSA) is 57.1 Å². The summed E-state index contributed by atoms with van der Waals surface area (Å²) in [5.74, 6) is 1.24. The van der Waals surface area contributed by atoms with E-state index < -0.39 is 5.97 Å². The van der Waals surface area contributed by atoms with E-state index in [1.165, 1.54) is 0 Å². The average Bonchev–Trinajstić information content (AvgIpc) is 3.14. The minimum atomic E-state index is -0.482. The van der Waals surface area contributed by atoms with Crippen LogP contribution in [0, 0.1) is 6.92 Å². The monoisotopic (exact) mass is 477 g/mol. The summed E-state index contributed by atoms with van der Waals surface area (Å²) in [4.78, 5) is 16.7. The Bertz CT molecular complexity index is 1140. The minimum absolute atomic E-state index is 0.236. The lowest BCUT2D eigenvalue weighted by atomic mass is 10.1. The lowest BCUT2D eigenvalue weighted by molar-refractivity contribution is -0.129. The first-order valence-electron chi connectivity index (χ1n) is 9.78. The van der Waals surface area contributed by atoms with Gasteiger partial charge in [0.05, 0.1) is 0 Å². The number of cyclic esters (lactones) is 1. The van der Waals surface area contributed by atoms with Gasteiger partial charge in [-0.05, 0) is 61.5 Å². The SMILES string of the molecule is Cc1ccc(OCCOc2ccc(Br)cc2)c(/C=C2/N=C(c3ccccc3)OC2=O)c1. The van der Waals surface area contributed by atoms with Crippen LogP contribution >= 0.6 is 15.9 Å². The fraction of sp³-hybridized carbons (Fsp3) is 0.120. The standard InChI is InChI=1S/C25H20BrNO4/c1-17-7-12-23(30-14-13-29-21-10-8-20(26)9-11-21)19(15-17)16-22-25(28)31-24(27-22)18-5-3-2-4-6-18/h2-12,15-16H,13-14H2,1H3/b22-16+. The highest BCUT2D eigenvalue weighted by molar-refractivity contribution is 9.10. The molecule has 5 nitrogen and oxygen atoms in total. The zero-order valence-corrected chi connectivity index (χ0v) is 18.5. The van der Waals surface area contributed by atoms with Crippen LogP contribution in [0.4, 0.5) is 0 Å². The lowest BCUT2D eigenvalue weighted by Crippen LogP contribution is -2.09. The maximum atomic E-state index is 12.3. The van der Waals surface area contributed by atoms with Crippen LogP contribution in [-0.2, 0) is 9.53 Å². The number of hydrogen-bond acceptors (Lipinski definition) is 5. The molecule has 0 bridgehead atoms. The quantitative estimate of drug-likeness (QED) is 0.254. The van der Waals surface area contributed by atoms with E-state index >= 15 is 0 Å². The molecule has 3 aromatic rings. The fourth-order valence-electron chi connectivity index (χ4n) is 3.01. The van der Waals surface area contributed by atoms with E-state index in [9.17, 15) is 4.79 Å². The van der Waals surface area contributed by atoms with Crippen molar-refractivity contribution in [3.63, 3.8) is 0 Å². The Morgan fingerprint density at radius 2 is 1.71 bits per heavy atom. The van der Waals surface area contributed by atoms with Crippen LogP contribution in [0.1, 0.15) is 16.7 Å². The van der Waals surface area contributed by atoms with Crippen LogP contribution in [0.25, 0.3) is 6.08 Å². The van der Waals surface area contributed by atoms with Gasteiger partial charge in [-0.1, -0.05) is 45.8 Å². The van der Waals surface area contributed by atoms with Crippen molar-refractivity contribution in [1.29, 1.82) is 0 Å². The normalized spacial score (nSPS) is 14.3. The van der Waals surface area contributed by atoms with Gasteiger partial charge < -0.3 is 14.2 Å². The molecule has 0 N–H and O–H groups in total. The second-order valence-electron chi connectivity index (χ2n) is 6.89. The molecule has 0 saturated carbocycles. The van der Waals surface area contributed by atoms with Crippen molar-refractivity contribution < 1.29 is 19.0 Å². The first-order valence-corrected chi connectivity index (χ1v) is 10.6. The maximum absolute atomic E-state index is 12.3. The average molecular weight is 478 g/mol. The highest BCUT2D eigenvalue weighted by Crippen LogP contribution is 2.26. The van der Waals surface area contributed by atoms with Gasteiger partial charge in [0.15, 0.2) is 5.70 Å². The molecule has 6 heteroatoms. The van der Waals surface area contributed by atoms with Crippen molar-refractivity contribution in [1.82, 2.24) is 0 Å². The zero-order chi connectivity index (χ0) is 21.6. The highest BCUT2D eigenvalue weighted by atomic mass is 79.9. The van der Waals surface area contributed by atoms with Crippen molar-refractivity contribution in [2.24, 2.45) is 4.99 Å². The summed E-state index contributed by atoms with van der Waals surface area (Å²) in [6, 6.07) is 22.7. The molecule has 0 spiro atoms. The third-order valence-electron chi connectivity index (χ3n) is 4.52. The molecule has 0 saturated heterocycles. The van der Waals surface area contributed by atoms with Crippen molar-refractivity contribution in [3.05, 3.63) is 99.7 Å². The summed E-state index contributed by atoms with van der Waals surface area (Å²) in [7, 11) is 0. The van der Waals surface area contributed by atoms with Gasteiger partial charge in [-0.2, -0.15) is 0 Å². The van der Waals surface area contributed by atoms with Gasteiger partial charge in [0, 0.05) is 15.6 Å². The van der Waals surface area contributed by atoms with E-state index in [0.29, 0.717) is 24.9 Å². The lowest BCUT2D eigenvalue weighted by Gasteiger charge is -2.11. The number of esters is 1. The maximum Gasteiger partial charge on any atom is 0.363 e. The van der Waals surface area contributed by atoms with E-state index in [0.717, 1.165) is 26.9 Å². The number of carbonyl (C=O) groups excluding carboxylic acids is 1. The minimum Gasteiger partial charge on any atom is -0.490 e. The molecular formula is C25H20BrNO4. The van der Waals surface area contributed by atoms with Crippen LogP contribution < -0.4 is 9.47 Å². The van der Waals surface area contributed by atoms with Crippen LogP contribution in [0.15, 0.2) is 88.0 Å². The van der Waals surface area contributed by atoms with Gasteiger partial charge in [-0.15, -0.1) is 0 Å². The first kappa shape index (κ1) is 20.9. The smallest absolute Gasteiger partial charge is 0.363 e. The van der Waals surface area contributed by atoms with Crippen LogP contribution in [0.2, 0.25) is 0 Å². The van der Waals surface area contributed by atoms with Gasteiger partial charge >= 0.3 is 5.97 Å². The number of aliphatic imine (C=N–C) groups is 1. The second kappa shape index (κ2) is 9.62. The molecule has 0 atom stereocenters. The second-order valence-corrected chi connectivity index (χ2v) is 7.81.